The smallest absolute Gasteiger partial charge is 0.191 e. The number of nitrogens with zero attached hydrogens (tertiary/aromatic N) is 3. The molecule has 1 aliphatic heterocycles. The van der Waals surface area contributed by atoms with Crippen molar-refractivity contribution >= 4 is 5.96 Å². The summed E-state index contributed by atoms with van der Waals surface area (Å²) in [7, 11) is 1.83. The van der Waals surface area contributed by atoms with Crippen LogP contribution in [0.2, 0.25) is 0 Å². The SMILES string of the molecule is CN=C(NCCc1ccncc1C)NCC(C(C)C)N1CCOCC1. The van der Waals surface area contributed by atoms with E-state index in [9.17, 15) is 0 Å². The van der Waals surface area contributed by atoms with Crippen LogP contribution in [0.4, 0.5) is 0 Å². The van der Waals surface area contributed by atoms with Crippen molar-refractivity contribution in [3.8, 4) is 0 Å². The van der Waals surface area contributed by atoms with Gasteiger partial charge in [-0.1, -0.05) is 13.8 Å². The van der Waals surface area contributed by atoms with Gasteiger partial charge >= 0.3 is 0 Å². The molecule has 2 rings (SSSR count). The Morgan fingerprint density at radius 3 is 2.72 bits per heavy atom. The Morgan fingerprint density at radius 2 is 2.08 bits per heavy atom. The zero-order valence-electron chi connectivity index (χ0n) is 16.1. The van der Waals surface area contributed by atoms with E-state index in [4.69, 9.17) is 4.74 Å². The van der Waals surface area contributed by atoms with Crippen LogP contribution >= 0.6 is 0 Å². The standard InChI is InChI=1S/C19H33N5O/c1-15(2)18(24-9-11-25-12-10-24)14-23-19(20-4)22-8-6-17-5-7-21-13-16(17)3/h5,7,13,15,18H,6,8-12,14H2,1-4H3,(H2,20,22,23). The quantitative estimate of drug-likeness (QED) is 0.577. The second kappa shape index (κ2) is 10.4. The molecule has 140 valence electrons. The third-order valence-electron chi connectivity index (χ3n) is 4.81. The lowest BCUT2D eigenvalue weighted by Crippen LogP contribution is -2.52. The van der Waals surface area contributed by atoms with E-state index in [0.29, 0.717) is 12.0 Å². The third kappa shape index (κ3) is 6.29. The van der Waals surface area contributed by atoms with E-state index in [1.54, 1.807) is 0 Å². The summed E-state index contributed by atoms with van der Waals surface area (Å²) in [5, 5.41) is 6.91. The van der Waals surface area contributed by atoms with Gasteiger partial charge in [-0.2, -0.15) is 0 Å². The predicted octanol–water partition coefficient (Wildman–Crippen LogP) is 1.45. The van der Waals surface area contributed by atoms with E-state index < -0.39 is 0 Å². The van der Waals surface area contributed by atoms with Gasteiger partial charge in [-0.15, -0.1) is 0 Å². The highest BCUT2D eigenvalue weighted by Gasteiger charge is 2.23. The molecule has 1 aromatic rings. The molecular formula is C19H33N5O. The Kier molecular flexibility index (Phi) is 8.15. The molecule has 0 bridgehead atoms. The number of guanidine groups is 1. The number of morpholine rings is 1. The maximum absolute atomic E-state index is 5.48. The zero-order valence-corrected chi connectivity index (χ0v) is 16.1. The van der Waals surface area contributed by atoms with Crippen LogP contribution in [-0.2, 0) is 11.2 Å². The number of aryl methyl sites for hydroxylation is 1. The summed E-state index contributed by atoms with van der Waals surface area (Å²) < 4.78 is 5.48. The van der Waals surface area contributed by atoms with E-state index in [1.165, 1.54) is 11.1 Å². The number of hydrogen-bond acceptors (Lipinski definition) is 4. The minimum atomic E-state index is 0.491. The topological polar surface area (TPSA) is 61.8 Å². The Balaban J connectivity index is 1.79. The number of aliphatic imine (C=N–C) groups is 1. The minimum absolute atomic E-state index is 0.491. The van der Waals surface area contributed by atoms with Crippen LogP contribution in [0, 0.1) is 12.8 Å². The summed E-state index contributed by atoms with van der Waals surface area (Å²) in [6.07, 6.45) is 4.73. The number of ether oxygens (including phenoxy) is 1. The van der Waals surface area contributed by atoms with E-state index in [1.807, 2.05) is 19.4 Å². The fraction of sp³-hybridized carbons (Fsp3) is 0.684. The highest BCUT2D eigenvalue weighted by atomic mass is 16.5. The Bertz CT molecular complexity index is 540. The van der Waals surface area contributed by atoms with Gasteiger partial charge in [0.1, 0.15) is 0 Å². The average molecular weight is 348 g/mol. The molecule has 1 aliphatic rings. The molecule has 1 unspecified atom stereocenters. The molecule has 0 aromatic carbocycles. The van der Waals surface area contributed by atoms with Crippen LogP contribution in [0.3, 0.4) is 0 Å². The minimum Gasteiger partial charge on any atom is -0.379 e. The highest BCUT2D eigenvalue weighted by molar-refractivity contribution is 5.79. The lowest BCUT2D eigenvalue weighted by Gasteiger charge is -2.37. The van der Waals surface area contributed by atoms with Gasteiger partial charge in [0, 0.05) is 51.7 Å². The fourth-order valence-electron chi connectivity index (χ4n) is 3.22. The van der Waals surface area contributed by atoms with Crippen molar-refractivity contribution in [2.75, 3.05) is 46.4 Å². The van der Waals surface area contributed by atoms with E-state index in [0.717, 1.165) is 51.8 Å². The van der Waals surface area contributed by atoms with Crippen LogP contribution in [0.25, 0.3) is 0 Å². The van der Waals surface area contributed by atoms with Gasteiger partial charge in [0.05, 0.1) is 13.2 Å². The second-order valence-corrected chi connectivity index (χ2v) is 6.89. The molecule has 0 amide bonds. The van der Waals surface area contributed by atoms with E-state index >= 15 is 0 Å². The van der Waals surface area contributed by atoms with E-state index in [2.05, 4.69) is 52.3 Å². The molecule has 0 aliphatic carbocycles. The molecule has 2 heterocycles. The Morgan fingerprint density at radius 1 is 1.32 bits per heavy atom. The van der Waals surface area contributed by atoms with E-state index in [-0.39, 0.29) is 0 Å². The Labute approximate surface area is 152 Å². The number of pyridine rings is 1. The van der Waals surface area contributed by atoms with Crippen LogP contribution in [0.1, 0.15) is 25.0 Å². The molecule has 6 nitrogen and oxygen atoms in total. The Hall–Kier alpha value is -1.66. The first-order chi connectivity index (χ1) is 12.1. The van der Waals surface area contributed by atoms with Gasteiger partial charge in [-0.3, -0.25) is 14.9 Å². The molecule has 1 aromatic heterocycles. The van der Waals surface area contributed by atoms with Gasteiger partial charge in [0.15, 0.2) is 5.96 Å². The monoisotopic (exact) mass is 347 g/mol. The number of aromatic nitrogens is 1. The molecule has 1 saturated heterocycles. The molecule has 0 spiro atoms. The number of rotatable bonds is 7. The van der Waals surface area contributed by atoms with Crippen molar-refractivity contribution in [3.63, 3.8) is 0 Å². The lowest BCUT2D eigenvalue weighted by atomic mass is 10.0. The van der Waals surface area contributed by atoms with Gasteiger partial charge in [0.25, 0.3) is 0 Å². The maximum atomic E-state index is 5.48. The summed E-state index contributed by atoms with van der Waals surface area (Å²) in [5.74, 6) is 1.45. The summed E-state index contributed by atoms with van der Waals surface area (Å²) in [6, 6.07) is 2.57. The molecule has 6 heteroatoms. The number of hydrogen-bond donors (Lipinski definition) is 2. The van der Waals surface area contributed by atoms with Crippen molar-refractivity contribution in [1.82, 2.24) is 20.5 Å². The molecule has 1 fully saturated rings. The van der Waals surface area contributed by atoms with Crippen molar-refractivity contribution < 1.29 is 4.74 Å². The number of nitrogens with one attached hydrogen (secondary N) is 2. The van der Waals surface area contributed by atoms with Gasteiger partial charge < -0.3 is 15.4 Å². The molecule has 2 N–H and O–H groups in total. The van der Waals surface area contributed by atoms with Gasteiger partial charge in [-0.05, 0) is 36.5 Å². The summed E-state index contributed by atoms with van der Waals surface area (Å²) in [4.78, 5) is 11.0. The van der Waals surface area contributed by atoms with Gasteiger partial charge in [-0.25, -0.2) is 0 Å². The summed E-state index contributed by atoms with van der Waals surface area (Å²) >= 11 is 0. The van der Waals surface area contributed by atoms with Crippen LogP contribution in [0.5, 0.6) is 0 Å². The van der Waals surface area contributed by atoms with Crippen molar-refractivity contribution in [2.24, 2.45) is 10.9 Å². The summed E-state index contributed by atoms with van der Waals surface area (Å²) in [5.41, 5.74) is 2.56. The van der Waals surface area contributed by atoms with Crippen molar-refractivity contribution in [1.29, 1.82) is 0 Å². The normalized spacial score (nSPS) is 17.6. The first kappa shape index (κ1) is 19.7. The largest absolute Gasteiger partial charge is 0.379 e. The third-order valence-corrected chi connectivity index (χ3v) is 4.81. The van der Waals surface area contributed by atoms with Crippen molar-refractivity contribution in [3.05, 3.63) is 29.6 Å². The predicted molar refractivity (Wildman–Crippen MR) is 103 cm³/mol. The molecular weight excluding hydrogens is 314 g/mol. The highest BCUT2D eigenvalue weighted by Crippen LogP contribution is 2.12. The van der Waals surface area contributed by atoms with Crippen LogP contribution in [-0.4, -0.2) is 68.3 Å². The molecule has 0 radical (unpaired) electrons. The second-order valence-electron chi connectivity index (χ2n) is 6.89. The molecule has 1 atom stereocenters. The zero-order chi connectivity index (χ0) is 18.1. The van der Waals surface area contributed by atoms with Crippen LogP contribution in [0.15, 0.2) is 23.5 Å². The molecule has 0 saturated carbocycles. The van der Waals surface area contributed by atoms with Gasteiger partial charge in [0.2, 0.25) is 0 Å². The van der Waals surface area contributed by atoms with Crippen LogP contribution < -0.4 is 10.6 Å². The summed E-state index contributed by atoms with van der Waals surface area (Å²) in [6.45, 7) is 12.1. The first-order valence-corrected chi connectivity index (χ1v) is 9.27. The molecule has 25 heavy (non-hydrogen) atoms. The van der Waals surface area contributed by atoms with Crippen molar-refractivity contribution in [2.45, 2.75) is 33.2 Å². The average Bonchev–Trinajstić information content (AvgIpc) is 2.62. The maximum Gasteiger partial charge on any atom is 0.191 e. The first-order valence-electron chi connectivity index (χ1n) is 9.27. The lowest BCUT2D eigenvalue weighted by molar-refractivity contribution is 0.00752. The fourth-order valence-corrected chi connectivity index (χ4v) is 3.22.